The molecule has 8 nitrogen and oxygen atoms in total. The van der Waals surface area contributed by atoms with Crippen molar-refractivity contribution in [2.24, 2.45) is 0 Å². The lowest BCUT2D eigenvalue weighted by atomic mass is 9.90. The summed E-state index contributed by atoms with van der Waals surface area (Å²) in [6.45, 7) is 4.11. The molecule has 1 spiro atoms. The molecule has 4 aliphatic rings. The Kier molecular flexibility index (Phi) is 5.79. The monoisotopic (exact) mass is 502 g/mol. The molecule has 1 amide bonds. The molecular formula is C29H30N2O6. The normalized spacial score (nSPS) is 23.9. The van der Waals surface area contributed by atoms with Crippen LogP contribution in [0.4, 0.5) is 4.79 Å². The van der Waals surface area contributed by atoms with Crippen LogP contribution in [0.5, 0.6) is 0 Å². The van der Waals surface area contributed by atoms with E-state index >= 15 is 0 Å². The molecule has 0 radical (unpaired) electrons. The number of hydrogen-bond acceptors (Lipinski definition) is 7. The van der Waals surface area contributed by atoms with E-state index in [-0.39, 0.29) is 18.5 Å². The summed E-state index contributed by atoms with van der Waals surface area (Å²) in [6, 6.07) is 15.8. The van der Waals surface area contributed by atoms with Crippen LogP contribution in [0.2, 0.25) is 0 Å². The number of esters is 1. The number of benzene rings is 2. The van der Waals surface area contributed by atoms with Gasteiger partial charge in [-0.05, 0) is 49.0 Å². The third-order valence-electron chi connectivity index (χ3n) is 8.05. The zero-order valence-corrected chi connectivity index (χ0v) is 20.9. The molecule has 192 valence electrons. The second-order valence-corrected chi connectivity index (χ2v) is 10.2. The van der Waals surface area contributed by atoms with Gasteiger partial charge in [-0.15, -0.1) is 5.06 Å². The Balaban J connectivity index is 1.13. The molecule has 1 atom stereocenters. The van der Waals surface area contributed by atoms with Gasteiger partial charge < -0.3 is 19.2 Å². The van der Waals surface area contributed by atoms with Crippen molar-refractivity contribution in [2.75, 3.05) is 32.8 Å². The van der Waals surface area contributed by atoms with Crippen molar-refractivity contribution >= 4 is 23.6 Å². The lowest BCUT2D eigenvalue weighted by molar-refractivity contribution is -0.134. The van der Waals surface area contributed by atoms with Gasteiger partial charge in [0.1, 0.15) is 0 Å². The van der Waals surface area contributed by atoms with Crippen LogP contribution in [0, 0.1) is 0 Å². The third-order valence-corrected chi connectivity index (χ3v) is 8.05. The Morgan fingerprint density at radius 2 is 1.81 bits per heavy atom. The average molecular weight is 503 g/mol. The number of fused-ring (bicyclic) bond motifs is 2. The van der Waals surface area contributed by atoms with Crippen LogP contribution in [0.15, 0.2) is 54.6 Å². The first kappa shape index (κ1) is 23.7. The summed E-state index contributed by atoms with van der Waals surface area (Å²) in [6.07, 6.45) is 4.41. The fourth-order valence-corrected chi connectivity index (χ4v) is 5.91. The minimum atomic E-state index is -0.721. The first-order valence-corrected chi connectivity index (χ1v) is 13.0. The van der Waals surface area contributed by atoms with E-state index in [2.05, 4.69) is 30.3 Å². The number of rotatable bonds is 5. The molecule has 6 rings (SSSR count). The van der Waals surface area contributed by atoms with Crippen LogP contribution in [-0.2, 0) is 30.1 Å². The van der Waals surface area contributed by atoms with Crippen molar-refractivity contribution in [2.45, 2.75) is 43.6 Å². The highest BCUT2D eigenvalue weighted by Gasteiger charge is 2.57. The lowest BCUT2D eigenvalue weighted by Crippen LogP contribution is -2.40. The molecule has 1 saturated carbocycles. The van der Waals surface area contributed by atoms with E-state index in [1.165, 1.54) is 5.57 Å². The molecule has 3 heterocycles. The number of amides is 1. The predicted molar refractivity (Wildman–Crippen MR) is 134 cm³/mol. The van der Waals surface area contributed by atoms with Gasteiger partial charge in [-0.3, -0.25) is 4.79 Å². The molecular weight excluding hydrogens is 472 g/mol. The highest BCUT2D eigenvalue weighted by molar-refractivity contribution is 5.96. The van der Waals surface area contributed by atoms with Crippen LogP contribution in [0.3, 0.4) is 0 Å². The van der Waals surface area contributed by atoms with Crippen molar-refractivity contribution in [3.05, 3.63) is 76.9 Å². The van der Waals surface area contributed by atoms with Crippen LogP contribution < -0.4 is 0 Å². The molecule has 1 aliphatic carbocycles. The van der Waals surface area contributed by atoms with E-state index in [0.717, 1.165) is 36.0 Å². The van der Waals surface area contributed by atoms with E-state index in [4.69, 9.17) is 14.3 Å². The second kappa shape index (κ2) is 9.03. The van der Waals surface area contributed by atoms with Crippen molar-refractivity contribution < 1.29 is 28.7 Å². The van der Waals surface area contributed by atoms with Crippen LogP contribution >= 0.6 is 0 Å². The maximum atomic E-state index is 13.7. The Morgan fingerprint density at radius 3 is 2.51 bits per heavy atom. The fraction of sp³-hybridized carbons (Fsp3) is 0.414. The largest absolute Gasteiger partial charge is 0.527 e. The summed E-state index contributed by atoms with van der Waals surface area (Å²) in [7, 11) is 0. The number of hydroxylamine groups is 2. The summed E-state index contributed by atoms with van der Waals surface area (Å²) < 4.78 is 10.7. The van der Waals surface area contributed by atoms with Gasteiger partial charge in [0.2, 0.25) is 5.91 Å². The Hall–Kier alpha value is -3.65. The summed E-state index contributed by atoms with van der Waals surface area (Å²) >= 11 is 0. The van der Waals surface area contributed by atoms with Crippen LogP contribution in [0.25, 0.3) is 5.57 Å². The van der Waals surface area contributed by atoms with E-state index in [1.807, 2.05) is 23.1 Å². The molecule has 1 unspecified atom stereocenters. The predicted octanol–water partition coefficient (Wildman–Crippen LogP) is 4.19. The first-order chi connectivity index (χ1) is 17.9. The van der Waals surface area contributed by atoms with Gasteiger partial charge in [0.05, 0.1) is 30.7 Å². The molecule has 1 saturated heterocycles. The molecule has 0 N–H and O–H groups in total. The maximum Gasteiger partial charge on any atom is 0.527 e. The SMILES string of the molecule is CCOC(=O)ON1CC=C(c2ccc(C3(C(=O)N4CCC5(C4)OC(=O)c4ccccc45)CC3)cc2)CC1. The van der Waals surface area contributed by atoms with Gasteiger partial charge in [0, 0.05) is 25.1 Å². The average Bonchev–Trinajstić information content (AvgIpc) is 3.55. The van der Waals surface area contributed by atoms with Crippen LogP contribution in [0.1, 0.15) is 59.7 Å². The molecule has 0 bridgehead atoms. The molecule has 2 fully saturated rings. The van der Waals surface area contributed by atoms with E-state index < -0.39 is 17.2 Å². The van der Waals surface area contributed by atoms with Crippen molar-refractivity contribution in [1.82, 2.24) is 9.96 Å². The lowest BCUT2D eigenvalue weighted by Gasteiger charge is -2.27. The highest BCUT2D eigenvalue weighted by Crippen LogP contribution is 2.52. The van der Waals surface area contributed by atoms with Crippen molar-refractivity contribution in [3.63, 3.8) is 0 Å². The summed E-state index contributed by atoms with van der Waals surface area (Å²) in [4.78, 5) is 44.8. The third kappa shape index (κ3) is 4.09. The number of carbonyl (C=O) groups is 3. The Morgan fingerprint density at radius 1 is 1.03 bits per heavy atom. The Bertz CT molecular complexity index is 1280. The standard InChI is InChI=1S/C29H30N2O6/c1-2-35-27(34)37-31-16-11-21(12-17-31)20-7-9-22(10-8-20)28(13-14-28)26(33)30-18-15-29(19-30)24-6-4-3-5-23(24)25(32)36-29/h3-11H,2,12-19H2,1H3. The van der Waals surface area contributed by atoms with Crippen LogP contribution in [-0.4, -0.2) is 60.8 Å². The minimum absolute atomic E-state index is 0.126. The van der Waals surface area contributed by atoms with Gasteiger partial charge >= 0.3 is 12.1 Å². The summed E-state index contributed by atoms with van der Waals surface area (Å²) in [5.41, 5.74) is 3.64. The Labute approximate surface area is 215 Å². The minimum Gasteiger partial charge on any atom is -0.449 e. The maximum absolute atomic E-state index is 13.7. The highest BCUT2D eigenvalue weighted by atomic mass is 16.8. The van der Waals surface area contributed by atoms with Gasteiger partial charge in [0.25, 0.3) is 0 Å². The van der Waals surface area contributed by atoms with E-state index in [0.29, 0.717) is 38.2 Å². The number of carbonyl (C=O) groups excluding carboxylic acids is 3. The molecule has 3 aliphatic heterocycles. The number of ether oxygens (including phenoxy) is 2. The van der Waals surface area contributed by atoms with Gasteiger partial charge in [0.15, 0.2) is 5.60 Å². The molecule has 2 aromatic rings. The van der Waals surface area contributed by atoms with E-state index in [1.54, 1.807) is 18.1 Å². The van der Waals surface area contributed by atoms with Gasteiger partial charge in [-0.25, -0.2) is 9.59 Å². The molecule has 37 heavy (non-hydrogen) atoms. The summed E-state index contributed by atoms with van der Waals surface area (Å²) in [5.74, 6) is -0.171. The van der Waals surface area contributed by atoms with Crippen molar-refractivity contribution in [3.8, 4) is 0 Å². The van der Waals surface area contributed by atoms with Gasteiger partial charge in [-0.1, -0.05) is 48.5 Å². The first-order valence-electron chi connectivity index (χ1n) is 13.0. The van der Waals surface area contributed by atoms with E-state index in [9.17, 15) is 14.4 Å². The quantitative estimate of drug-likeness (QED) is 0.567. The fourth-order valence-electron chi connectivity index (χ4n) is 5.91. The van der Waals surface area contributed by atoms with Gasteiger partial charge in [-0.2, -0.15) is 0 Å². The topological polar surface area (TPSA) is 85.4 Å². The number of hydrogen-bond donors (Lipinski definition) is 0. The number of nitrogens with zero attached hydrogens (tertiary/aromatic N) is 2. The molecule has 2 aromatic carbocycles. The molecule has 8 heteroatoms. The molecule has 0 aromatic heterocycles. The summed E-state index contributed by atoms with van der Waals surface area (Å²) in [5, 5.41) is 1.59. The zero-order valence-electron chi connectivity index (χ0n) is 20.9. The van der Waals surface area contributed by atoms with Crippen molar-refractivity contribution in [1.29, 1.82) is 0 Å². The zero-order chi connectivity index (χ0) is 25.6. The smallest absolute Gasteiger partial charge is 0.449 e. The number of likely N-dealkylation sites (tertiary alicyclic amines) is 1. The second-order valence-electron chi connectivity index (χ2n) is 10.2.